The molecule has 0 bridgehead atoms. The van der Waals surface area contributed by atoms with Crippen molar-refractivity contribution in [3.05, 3.63) is 69.7 Å². The van der Waals surface area contributed by atoms with Crippen LogP contribution in [-0.4, -0.2) is 55.9 Å². The predicted molar refractivity (Wildman–Crippen MR) is 117 cm³/mol. The highest BCUT2D eigenvalue weighted by Gasteiger charge is 2.33. The molecule has 0 atom stereocenters. The average molecular weight is 454 g/mol. The van der Waals surface area contributed by atoms with Gasteiger partial charge in [0.25, 0.3) is 0 Å². The van der Waals surface area contributed by atoms with Crippen LogP contribution in [-0.2, 0) is 11.3 Å². The molecule has 0 aliphatic carbocycles. The number of fused-ring (bicyclic) bond motifs is 1. The monoisotopic (exact) mass is 454 g/mol. The molecule has 1 saturated heterocycles. The molecule has 5 rings (SSSR count). The maximum atomic E-state index is 15.1. The second kappa shape index (κ2) is 8.69. The molecule has 0 saturated carbocycles. The molecular formula is C21H19FN6O3S. The first kappa shape index (κ1) is 20.6. The van der Waals surface area contributed by atoms with Crippen LogP contribution in [0.5, 0.6) is 0 Å². The van der Waals surface area contributed by atoms with Crippen LogP contribution in [0.25, 0.3) is 16.2 Å². The summed E-state index contributed by atoms with van der Waals surface area (Å²) in [7, 11) is 0. The first-order chi connectivity index (χ1) is 15.7. The summed E-state index contributed by atoms with van der Waals surface area (Å²) in [6, 6.07) is 2.98. The lowest BCUT2D eigenvalue weighted by Gasteiger charge is -2.39. The van der Waals surface area contributed by atoms with Crippen LogP contribution in [0.2, 0.25) is 0 Å². The van der Waals surface area contributed by atoms with E-state index in [0.717, 1.165) is 5.82 Å². The van der Waals surface area contributed by atoms with E-state index in [0.29, 0.717) is 29.4 Å². The molecule has 32 heavy (non-hydrogen) atoms. The number of hydrogen-bond acceptors (Lipinski definition) is 9. The minimum absolute atomic E-state index is 0.00500. The Balaban J connectivity index is 1.54. The van der Waals surface area contributed by atoms with Crippen molar-refractivity contribution < 1.29 is 14.2 Å². The van der Waals surface area contributed by atoms with Crippen LogP contribution < -0.4 is 10.3 Å². The molecule has 11 heteroatoms. The van der Waals surface area contributed by atoms with E-state index in [2.05, 4.69) is 19.9 Å². The molecule has 1 N–H and O–H groups in total. The van der Waals surface area contributed by atoms with E-state index in [4.69, 9.17) is 9.84 Å². The maximum Gasteiger partial charge on any atom is 0.196 e. The number of rotatable bonds is 7. The van der Waals surface area contributed by atoms with Gasteiger partial charge in [-0.25, -0.2) is 24.3 Å². The van der Waals surface area contributed by atoms with E-state index < -0.39 is 5.82 Å². The SMILES string of the molecule is O=c1c(COCCO)cn(-c2nccs2)c2nc(N3CC(c4ncccn4)C3)c(F)cc12. The zero-order chi connectivity index (χ0) is 22.1. The number of hydrogen-bond donors (Lipinski definition) is 1. The van der Waals surface area contributed by atoms with Gasteiger partial charge in [-0.1, -0.05) is 0 Å². The van der Waals surface area contributed by atoms with Gasteiger partial charge in [-0.3, -0.25) is 9.36 Å². The number of pyridine rings is 2. The topological polar surface area (TPSA) is 106 Å². The number of aliphatic hydroxyl groups is 1. The van der Waals surface area contributed by atoms with E-state index in [9.17, 15) is 4.79 Å². The second-order valence-corrected chi connectivity index (χ2v) is 8.19. The number of aliphatic hydroxyl groups excluding tert-OH is 1. The zero-order valence-electron chi connectivity index (χ0n) is 16.9. The summed E-state index contributed by atoms with van der Waals surface area (Å²) in [4.78, 5) is 32.2. The van der Waals surface area contributed by atoms with E-state index in [-0.39, 0.29) is 42.4 Å². The summed E-state index contributed by atoms with van der Waals surface area (Å²) < 4.78 is 22.1. The van der Waals surface area contributed by atoms with E-state index in [1.165, 1.54) is 17.4 Å². The number of nitrogens with zero attached hydrogens (tertiary/aromatic N) is 6. The highest BCUT2D eigenvalue weighted by molar-refractivity contribution is 7.12. The molecule has 1 fully saturated rings. The van der Waals surface area contributed by atoms with Crippen LogP contribution in [0.4, 0.5) is 10.2 Å². The standard InChI is InChI=1S/C21H19FN6O3S/c22-16-8-15-17(30)14(12-31-6-5-29)11-28(21-25-4-7-32-21)19(15)26-20(16)27-9-13(10-27)18-23-2-1-3-24-18/h1-4,7-8,11,13,29H,5-6,9-10,12H2. The molecule has 164 valence electrons. The predicted octanol–water partition coefficient (Wildman–Crippen LogP) is 1.88. The number of anilines is 1. The number of thiazole rings is 1. The van der Waals surface area contributed by atoms with Crippen LogP contribution >= 0.6 is 11.3 Å². The second-order valence-electron chi connectivity index (χ2n) is 7.32. The molecule has 0 unspecified atom stereocenters. The van der Waals surface area contributed by atoms with Crippen LogP contribution in [0, 0.1) is 5.82 Å². The first-order valence-corrected chi connectivity index (χ1v) is 10.9. The summed E-state index contributed by atoms with van der Waals surface area (Å²) in [6.45, 7) is 1.01. The summed E-state index contributed by atoms with van der Waals surface area (Å²) in [5.74, 6) is 0.428. The van der Waals surface area contributed by atoms with Crippen molar-refractivity contribution in [1.29, 1.82) is 0 Å². The van der Waals surface area contributed by atoms with Gasteiger partial charge in [-0.2, -0.15) is 0 Å². The Morgan fingerprint density at radius 1 is 1.22 bits per heavy atom. The van der Waals surface area contributed by atoms with Gasteiger partial charge in [0.15, 0.2) is 27.8 Å². The van der Waals surface area contributed by atoms with Gasteiger partial charge in [0.05, 0.1) is 31.1 Å². The fraction of sp³-hybridized carbons (Fsp3) is 0.286. The molecule has 0 aromatic carbocycles. The summed E-state index contributed by atoms with van der Waals surface area (Å²) in [5, 5.41) is 11.5. The Morgan fingerprint density at radius 2 is 2.03 bits per heavy atom. The molecule has 0 radical (unpaired) electrons. The Kier molecular flexibility index (Phi) is 5.60. The van der Waals surface area contributed by atoms with Gasteiger partial charge in [0.1, 0.15) is 5.82 Å². The highest BCUT2D eigenvalue weighted by atomic mass is 32.1. The van der Waals surface area contributed by atoms with Gasteiger partial charge in [-0.05, 0) is 12.1 Å². The van der Waals surface area contributed by atoms with Crippen LogP contribution in [0.1, 0.15) is 17.3 Å². The normalized spacial score (nSPS) is 14.1. The van der Waals surface area contributed by atoms with Crippen molar-refractivity contribution in [2.75, 3.05) is 31.2 Å². The Hall–Kier alpha value is -3.28. The van der Waals surface area contributed by atoms with Gasteiger partial charge < -0.3 is 14.7 Å². The number of ether oxygens (including phenoxy) is 1. The fourth-order valence-electron chi connectivity index (χ4n) is 3.66. The third kappa shape index (κ3) is 3.74. The lowest BCUT2D eigenvalue weighted by atomic mass is 9.99. The molecule has 0 amide bonds. The molecule has 4 aromatic heterocycles. The average Bonchev–Trinajstić information content (AvgIpc) is 3.31. The van der Waals surface area contributed by atoms with Crippen molar-refractivity contribution in [1.82, 2.24) is 24.5 Å². The summed E-state index contributed by atoms with van der Waals surface area (Å²) in [6.07, 6.45) is 6.64. The van der Waals surface area contributed by atoms with Gasteiger partial charge in [0, 0.05) is 48.8 Å². The van der Waals surface area contributed by atoms with Crippen molar-refractivity contribution in [3.8, 4) is 5.13 Å². The minimum atomic E-state index is -0.568. The summed E-state index contributed by atoms with van der Waals surface area (Å²) >= 11 is 1.37. The van der Waals surface area contributed by atoms with Crippen molar-refractivity contribution in [2.24, 2.45) is 0 Å². The Bertz CT molecular complexity index is 1290. The fourth-order valence-corrected chi connectivity index (χ4v) is 4.28. The van der Waals surface area contributed by atoms with Crippen LogP contribution in [0.15, 0.2) is 47.1 Å². The Labute approximate surface area is 185 Å². The van der Waals surface area contributed by atoms with Crippen molar-refractivity contribution in [3.63, 3.8) is 0 Å². The maximum absolute atomic E-state index is 15.1. The molecule has 1 aliphatic rings. The molecule has 9 nitrogen and oxygen atoms in total. The largest absolute Gasteiger partial charge is 0.394 e. The Morgan fingerprint density at radius 3 is 2.75 bits per heavy atom. The van der Waals surface area contributed by atoms with Crippen molar-refractivity contribution in [2.45, 2.75) is 12.5 Å². The molecule has 4 aromatic rings. The third-order valence-electron chi connectivity index (χ3n) is 5.24. The van der Waals surface area contributed by atoms with E-state index in [1.54, 1.807) is 35.4 Å². The van der Waals surface area contributed by atoms with E-state index in [1.807, 2.05) is 10.3 Å². The van der Waals surface area contributed by atoms with Gasteiger partial charge >= 0.3 is 0 Å². The quantitative estimate of drug-likeness (QED) is 0.422. The molecule has 0 spiro atoms. The molecule has 1 aliphatic heterocycles. The van der Waals surface area contributed by atoms with Crippen LogP contribution in [0.3, 0.4) is 0 Å². The number of halogens is 1. The highest BCUT2D eigenvalue weighted by Crippen LogP contribution is 2.32. The smallest absolute Gasteiger partial charge is 0.196 e. The zero-order valence-corrected chi connectivity index (χ0v) is 17.7. The summed E-state index contributed by atoms with van der Waals surface area (Å²) in [5.41, 5.74) is 0.301. The molecule has 5 heterocycles. The lowest BCUT2D eigenvalue weighted by molar-refractivity contribution is 0.0810. The van der Waals surface area contributed by atoms with Gasteiger partial charge in [0.2, 0.25) is 0 Å². The van der Waals surface area contributed by atoms with Crippen molar-refractivity contribution >= 4 is 28.2 Å². The third-order valence-corrected chi connectivity index (χ3v) is 6.01. The minimum Gasteiger partial charge on any atom is -0.394 e. The number of aromatic nitrogens is 5. The lowest BCUT2D eigenvalue weighted by Crippen LogP contribution is -2.46. The van der Waals surface area contributed by atoms with Gasteiger partial charge in [-0.15, -0.1) is 11.3 Å². The van der Waals surface area contributed by atoms with E-state index >= 15 is 4.39 Å². The molecular weight excluding hydrogens is 435 g/mol. The first-order valence-electron chi connectivity index (χ1n) is 10.0.